The molecular weight excluding hydrogens is 228 g/mol. The van der Waals surface area contributed by atoms with Gasteiger partial charge in [-0.3, -0.25) is 4.79 Å². The van der Waals surface area contributed by atoms with E-state index in [0.29, 0.717) is 0 Å². The molecule has 0 bridgehead atoms. The standard InChI is InChI=1S/C15H20O3/c1-11-8-12(10-13(9-11)18-2)15(14(16)17)6-4-3-5-7-15/h8-10H,3-7H2,1-2H3,(H,16,17). The van der Waals surface area contributed by atoms with E-state index in [9.17, 15) is 9.90 Å². The molecule has 98 valence electrons. The van der Waals surface area contributed by atoms with Crippen molar-refractivity contribution in [2.24, 2.45) is 0 Å². The molecule has 1 aliphatic carbocycles. The summed E-state index contributed by atoms with van der Waals surface area (Å²) in [6.45, 7) is 1.98. The van der Waals surface area contributed by atoms with E-state index in [-0.39, 0.29) is 0 Å². The summed E-state index contributed by atoms with van der Waals surface area (Å²) in [6.07, 6.45) is 4.58. The molecule has 1 N–H and O–H groups in total. The molecule has 0 amide bonds. The second kappa shape index (κ2) is 5.01. The maximum absolute atomic E-state index is 11.7. The fourth-order valence-corrected chi connectivity index (χ4v) is 2.92. The highest BCUT2D eigenvalue weighted by molar-refractivity contribution is 5.81. The van der Waals surface area contributed by atoms with Gasteiger partial charge in [-0.15, -0.1) is 0 Å². The van der Waals surface area contributed by atoms with E-state index in [0.717, 1.165) is 49.0 Å². The minimum absolute atomic E-state index is 0.699. The van der Waals surface area contributed by atoms with Gasteiger partial charge in [0.15, 0.2) is 0 Å². The second-order valence-electron chi connectivity index (χ2n) is 5.19. The number of ether oxygens (including phenoxy) is 1. The van der Waals surface area contributed by atoms with Crippen molar-refractivity contribution < 1.29 is 14.6 Å². The van der Waals surface area contributed by atoms with Gasteiger partial charge < -0.3 is 9.84 Å². The number of rotatable bonds is 3. The topological polar surface area (TPSA) is 46.5 Å². The van der Waals surface area contributed by atoms with Crippen LogP contribution in [-0.4, -0.2) is 18.2 Å². The van der Waals surface area contributed by atoms with Gasteiger partial charge in [0, 0.05) is 0 Å². The van der Waals surface area contributed by atoms with E-state index in [1.807, 2.05) is 25.1 Å². The zero-order valence-electron chi connectivity index (χ0n) is 11.0. The van der Waals surface area contributed by atoms with Gasteiger partial charge in [-0.2, -0.15) is 0 Å². The molecule has 0 saturated heterocycles. The largest absolute Gasteiger partial charge is 0.497 e. The Kier molecular flexibility index (Phi) is 3.60. The zero-order chi connectivity index (χ0) is 13.2. The number of carbonyl (C=O) groups is 1. The van der Waals surface area contributed by atoms with Crippen LogP contribution in [0.3, 0.4) is 0 Å². The summed E-state index contributed by atoms with van der Waals surface area (Å²) >= 11 is 0. The minimum atomic E-state index is -0.711. The van der Waals surface area contributed by atoms with Gasteiger partial charge in [-0.05, 0) is 43.0 Å². The third-order valence-electron chi connectivity index (χ3n) is 3.96. The number of benzene rings is 1. The van der Waals surface area contributed by atoms with Gasteiger partial charge in [0.05, 0.1) is 12.5 Å². The quantitative estimate of drug-likeness (QED) is 0.892. The molecule has 1 saturated carbocycles. The molecule has 3 heteroatoms. The average molecular weight is 248 g/mol. The molecular formula is C15H20O3. The van der Waals surface area contributed by atoms with E-state index < -0.39 is 11.4 Å². The molecule has 0 unspecified atom stereocenters. The van der Waals surface area contributed by atoms with Crippen molar-refractivity contribution in [3.8, 4) is 5.75 Å². The van der Waals surface area contributed by atoms with Crippen LogP contribution in [0.5, 0.6) is 5.75 Å². The summed E-state index contributed by atoms with van der Waals surface area (Å²) in [5.74, 6) is 0.0473. The third-order valence-corrected chi connectivity index (χ3v) is 3.96. The Morgan fingerprint density at radius 3 is 2.44 bits per heavy atom. The highest BCUT2D eigenvalue weighted by Gasteiger charge is 2.41. The van der Waals surface area contributed by atoms with Gasteiger partial charge in [-0.25, -0.2) is 0 Å². The van der Waals surface area contributed by atoms with Gasteiger partial charge in [0.25, 0.3) is 0 Å². The molecule has 0 radical (unpaired) electrons. The first-order valence-electron chi connectivity index (χ1n) is 6.48. The minimum Gasteiger partial charge on any atom is -0.497 e. The zero-order valence-corrected chi connectivity index (χ0v) is 11.0. The average Bonchev–Trinajstić information content (AvgIpc) is 2.38. The smallest absolute Gasteiger partial charge is 0.314 e. The van der Waals surface area contributed by atoms with E-state index >= 15 is 0 Å². The number of hydrogen-bond donors (Lipinski definition) is 1. The van der Waals surface area contributed by atoms with Crippen LogP contribution in [0.1, 0.15) is 43.2 Å². The lowest BCUT2D eigenvalue weighted by atomic mass is 9.69. The summed E-state index contributed by atoms with van der Waals surface area (Å²) < 4.78 is 5.26. The summed E-state index contributed by atoms with van der Waals surface area (Å²) in [7, 11) is 1.62. The summed E-state index contributed by atoms with van der Waals surface area (Å²) in [5, 5.41) is 9.66. The molecule has 1 aromatic rings. The molecule has 1 fully saturated rings. The number of aryl methyl sites for hydroxylation is 1. The fourth-order valence-electron chi connectivity index (χ4n) is 2.92. The monoisotopic (exact) mass is 248 g/mol. The highest BCUT2D eigenvalue weighted by atomic mass is 16.5. The molecule has 2 rings (SSSR count). The molecule has 1 aromatic carbocycles. The molecule has 18 heavy (non-hydrogen) atoms. The van der Waals surface area contributed by atoms with E-state index in [1.54, 1.807) is 7.11 Å². The lowest BCUT2D eigenvalue weighted by molar-refractivity contribution is -0.145. The van der Waals surface area contributed by atoms with E-state index in [4.69, 9.17) is 4.74 Å². The normalized spacial score (nSPS) is 18.3. The Hall–Kier alpha value is -1.51. The fraction of sp³-hybridized carbons (Fsp3) is 0.533. The molecule has 0 aliphatic heterocycles. The van der Waals surface area contributed by atoms with Gasteiger partial charge >= 0.3 is 5.97 Å². The molecule has 1 aliphatic rings. The Morgan fingerprint density at radius 2 is 1.89 bits per heavy atom. The van der Waals surface area contributed by atoms with Crippen LogP contribution in [0.2, 0.25) is 0 Å². The summed E-state index contributed by atoms with van der Waals surface area (Å²) in [4.78, 5) is 11.7. The van der Waals surface area contributed by atoms with Crippen LogP contribution in [0.25, 0.3) is 0 Å². The van der Waals surface area contributed by atoms with Crippen LogP contribution >= 0.6 is 0 Å². The Morgan fingerprint density at radius 1 is 1.22 bits per heavy atom. The van der Waals surface area contributed by atoms with Gasteiger partial charge in [-0.1, -0.05) is 25.3 Å². The van der Waals surface area contributed by atoms with Crippen LogP contribution in [0.4, 0.5) is 0 Å². The Balaban J connectivity index is 2.48. The predicted molar refractivity (Wildman–Crippen MR) is 70.1 cm³/mol. The first-order valence-corrected chi connectivity index (χ1v) is 6.48. The molecule has 0 spiro atoms. The molecule has 0 heterocycles. The van der Waals surface area contributed by atoms with Crippen LogP contribution < -0.4 is 4.74 Å². The van der Waals surface area contributed by atoms with Gasteiger partial charge in [0.1, 0.15) is 5.75 Å². The number of methoxy groups -OCH3 is 1. The maximum atomic E-state index is 11.7. The summed E-state index contributed by atoms with van der Waals surface area (Å²) in [5.41, 5.74) is 1.24. The first-order chi connectivity index (χ1) is 8.58. The van der Waals surface area contributed by atoms with E-state index in [1.165, 1.54) is 0 Å². The Labute approximate surface area is 108 Å². The van der Waals surface area contributed by atoms with Crippen molar-refractivity contribution in [3.05, 3.63) is 29.3 Å². The van der Waals surface area contributed by atoms with Crippen LogP contribution in [-0.2, 0) is 10.2 Å². The molecule has 3 nitrogen and oxygen atoms in total. The maximum Gasteiger partial charge on any atom is 0.314 e. The highest BCUT2D eigenvalue weighted by Crippen LogP contribution is 2.41. The van der Waals surface area contributed by atoms with Crippen molar-refractivity contribution >= 4 is 5.97 Å². The SMILES string of the molecule is COc1cc(C)cc(C2(C(=O)O)CCCCC2)c1. The lowest BCUT2D eigenvalue weighted by Crippen LogP contribution is -2.37. The van der Waals surface area contributed by atoms with Crippen molar-refractivity contribution in [1.82, 2.24) is 0 Å². The van der Waals surface area contributed by atoms with Crippen molar-refractivity contribution in [3.63, 3.8) is 0 Å². The number of carboxylic acids is 1. The van der Waals surface area contributed by atoms with Crippen LogP contribution in [0, 0.1) is 6.92 Å². The van der Waals surface area contributed by atoms with Crippen molar-refractivity contribution in [2.45, 2.75) is 44.4 Å². The first kappa shape index (κ1) is 12.9. The summed E-state index contributed by atoms with van der Waals surface area (Å²) in [6, 6.07) is 5.80. The molecule has 0 atom stereocenters. The third kappa shape index (κ3) is 2.22. The van der Waals surface area contributed by atoms with Crippen molar-refractivity contribution in [2.75, 3.05) is 7.11 Å². The van der Waals surface area contributed by atoms with E-state index in [2.05, 4.69) is 0 Å². The Bertz CT molecular complexity index is 445. The number of aliphatic carboxylic acids is 1. The number of carboxylic acid groups (broad SMARTS) is 1. The molecule has 0 aromatic heterocycles. The van der Waals surface area contributed by atoms with Crippen molar-refractivity contribution in [1.29, 1.82) is 0 Å². The lowest BCUT2D eigenvalue weighted by Gasteiger charge is -2.34. The van der Waals surface area contributed by atoms with Gasteiger partial charge in [0.2, 0.25) is 0 Å². The number of hydrogen-bond acceptors (Lipinski definition) is 2. The van der Waals surface area contributed by atoms with Crippen LogP contribution in [0.15, 0.2) is 18.2 Å². The second-order valence-corrected chi connectivity index (χ2v) is 5.19. The predicted octanol–water partition coefficient (Wildman–Crippen LogP) is 3.29.